The fourth-order valence-electron chi connectivity index (χ4n) is 11.7. The van der Waals surface area contributed by atoms with E-state index in [-0.39, 0.29) is 131 Å². The lowest BCUT2D eigenvalue weighted by molar-refractivity contribution is -0.133. The number of carbonyl (C=O) groups is 9. The summed E-state index contributed by atoms with van der Waals surface area (Å²) in [7, 11) is 0. The van der Waals surface area contributed by atoms with E-state index in [2.05, 4.69) is 31.9 Å². The molecule has 7 rings (SSSR count). The van der Waals surface area contributed by atoms with Gasteiger partial charge in [-0.05, 0) is 174 Å². The van der Waals surface area contributed by atoms with Crippen LogP contribution in [0.1, 0.15) is 202 Å². The number of fused-ring (bicyclic) bond motifs is 6. The maximum Gasteiger partial charge on any atom is 0.407 e. The first-order chi connectivity index (χ1) is 52.8. The van der Waals surface area contributed by atoms with Gasteiger partial charge in [-0.15, -0.1) is 0 Å². The van der Waals surface area contributed by atoms with Crippen LogP contribution in [-0.2, 0) is 122 Å². The number of amides is 9. The molecule has 6 N–H and O–H groups in total. The van der Waals surface area contributed by atoms with E-state index in [1.807, 2.05) is 114 Å². The number of ether oxygens (including phenoxy) is 9. The molecule has 0 saturated carbocycles. The SMILES string of the molecule is CCN(CC)C(=O)COc1c2cc(C(=O)NCc3ccc(CNC(=O)OC(C)(C)C)cc3)cc1COCc1cc(C(=O)NCc3ccc(CNC(=O)OC(C)(C)C)cc3)cc(c1OCC(=O)N(CC)CC)COCc1cc(C(=O)NCc3ccc(CNC(=O)OC(C)(C)C)cc3)cc(c1OCC(=O)N(CC)CC)COC2. The Morgan fingerprint density at radius 1 is 0.306 bits per heavy atom. The Bertz CT molecular complexity index is 3660. The number of nitrogens with one attached hydrogen (secondary N) is 6. The zero-order chi connectivity index (χ0) is 81.0. The maximum atomic E-state index is 14.8. The fourth-order valence-corrected chi connectivity index (χ4v) is 11.7. The van der Waals surface area contributed by atoms with Gasteiger partial charge in [-0.25, -0.2) is 14.4 Å². The molecule has 0 saturated heterocycles. The van der Waals surface area contributed by atoms with E-state index >= 15 is 0 Å². The number of rotatable bonds is 30. The van der Waals surface area contributed by atoms with Gasteiger partial charge in [0.25, 0.3) is 35.4 Å². The van der Waals surface area contributed by atoms with Gasteiger partial charge >= 0.3 is 18.3 Å². The molecule has 1 aliphatic heterocycles. The van der Waals surface area contributed by atoms with Crippen molar-refractivity contribution in [2.75, 3.05) is 59.1 Å². The number of hydrogen-bond donors (Lipinski definition) is 6. The first-order valence-corrected chi connectivity index (χ1v) is 37.7. The molecule has 9 amide bonds. The first-order valence-electron chi connectivity index (χ1n) is 37.7. The predicted octanol–water partition coefficient (Wildman–Crippen LogP) is 11.8. The number of alkyl carbamates (subject to hydrolysis) is 3. The number of benzene rings is 6. The van der Waals surface area contributed by atoms with Crippen molar-refractivity contribution in [3.8, 4) is 17.2 Å². The number of hydrogen-bond acceptors (Lipinski definition) is 18. The first kappa shape index (κ1) is 87.5. The second-order valence-electron chi connectivity index (χ2n) is 29.5. The Balaban J connectivity index is 1.36. The highest BCUT2D eigenvalue weighted by atomic mass is 16.6. The van der Waals surface area contributed by atoms with Crippen molar-refractivity contribution in [2.45, 2.75) is 200 Å². The summed E-state index contributed by atoms with van der Waals surface area (Å²) in [6.07, 6.45) is -1.69. The third kappa shape index (κ3) is 28.6. The Hall–Kier alpha value is -10.8. The number of carbonyl (C=O) groups excluding carboxylic acids is 9. The van der Waals surface area contributed by atoms with Crippen molar-refractivity contribution >= 4 is 53.7 Å². The average molecular weight is 1530 g/mol. The summed E-state index contributed by atoms with van der Waals surface area (Å²) in [6.45, 7) is 27.3. The summed E-state index contributed by atoms with van der Waals surface area (Å²) in [5, 5.41) is 17.4. The summed E-state index contributed by atoms with van der Waals surface area (Å²) in [6, 6.07) is 31.5. The number of nitrogens with zero attached hydrogens (tertiary/aromatic N) is 3. The summed E-state index contributed by atoms with van der Waals surface area (Å²) in [4.78, 5) is 128. The van der Waals surface area contributed by atoms with E-state index < -0.39 is 72.6 Å². The molecule has 0 aromatic heterocycles. The minimum atomic E-state index is -0.680. The molecule has 111 heavy (non-hydrogen) atoms. The van der Waals surface area contributed by atoms with E-state index in [1.165, 1.54) is 0 Å². The molecule has 600 valence electrons. The van der Waals surface area contributed by atoms with Gasteiger partial charge in [-0.2, -0.15) is 0 Å². The molecule has 1 heterocycles. The van der Waals surface area contributed by atoms with E-state index in [0.29, 0.717) is 72.6 Å². The van der Waals surface area contributed by atoms with Crippen molar-refractivity contribution in [2.24, 2.45) is 0 Å². The molecular formula is C84H111N9O18. The Morgan fingerprint density at radius 3 is 0.658 bits per heavy atom. The molecule has 0 radical (unpaired) electrons. The second kappa shape index (κ2) is 41.9. The third-order valence-electron chi connectivity index (χ3n) is 17.4. The highest BCUT2D eigenvalue weighted by Crippen LogP contribution is 2.35. The van der Waals surface area contributed by atoms with Crippen LogP contribution >= 0.6 is 0 Å². The minimum Gasteiger partial charge on any atom is -0.483 e. The molecule has 6 aromatic carbocycles. The highest BCUT2D eigenvalue weighted by Gasteiger charge is 2.27. The van der Waals surface area contributed by atoms with E-state index in [9.17, 15) is 43.2 Å². The van der Waals surface area contributed by atoms with Gasteiger partial charge in [0.15, 0.2) is 19.8 Å². The summed E-state index contributed by atoms with van der Waals surface area (Å²) < 4.78 is 56.0. The highest BCUT2D eigenvalue weighted by molar-refractivity contribution is 5.96. The zero-order valence-corrected chi connectivity index (χ0v) is 66.9. The van der Waals surface area contributed by atoms with Crippen molar-refractivity contribution < 1.29 is 85.8 Å². The maximum absolute atomic E-state index is 14.8. The Kier molecular flexibility index (Phi) is 33.0. The van der Waals surface area contributed by atoms with Crippen LogP contribution < -0.4 is 46.1 Å². The normalized spacial score (nSPS) is 12.5. The third-order valence-corrected chi connectivity index (χ3v) is 17.4. The van der Waals surface area contributed by atoms with Crippen molar-refractivity contribution in [3.05, 3.63) is 193 Å². The number of likely N-dealkylation sites (N-methyl/N-ethyl adjacent to an activating group) is 3. The lowest BCUT2D eigenvalue weighted by Crippen LogP contribution is -2.34. The molecule has 0 spiro atoms. The van der Waals surface area contributed by atoms with Crippen LogP contribution in [0.4, 0.5) is 14.4 Å². The van der Waals surface area contributed by atoms with E-state index in [1.54, 1.807) is 113 Å². The molecule has 27 nitrogen and oxygen atoms in total. The van der Waals surface area contributed by atoms with Gasteiger partial charge in [-0.3, -0.25) is 28.8 Å². The van der Waals surface area contributed by atoms with E-state index in [4.69, 9.17) is 42.6 Å². The molecule has 0 fully saturated rings. The monoisotopic (exact) mass is 1530 g/mol. The molecule has 1 aliphatic rings. The van der Waals surface area contributed by atoms with Gasteiger partial charge < -0.3 is 89.2 Å². The minimum absolute atomic E-state index is 0.0803. The summed E-state index contributed by atoms with van der Waals surface area (Å²) >= 11 is 0. The van der Waals surface area contributed by atoms with Gasteiger partial charge in [-0.1, -0.05) is 72.8 Å². The average Bonchev–Trinajstić information content (AvgIpc) is 0.804. The van der Waals surface area contributed by atoms with Crippen LogP contribution in [0.15, 0.2) is 109 Å². The van der Waals surface area contributed by atoms with Crippen LogP contribution in [0.2, 0.25) is 0 Å². The van der Waals surface area contributed by atoms with Crippen LogP contribution in [0.25, 0.3) is 0 Å². The van der Waals surface area contributed by atoms with Gasteiger partial charge in [0.1, 0.15) is 34.1 Å². The van der Waals surface area contributed by atoms with Crippen molar-refractivity contribution in [1.82, 2.24) is 46.6 Å². The van der Waals surface area contributed by atoms with Crippen LogP contribution in [-0.4, -0.2) is 144 Å². The molecule has 6 aromatic rings. The van der Waals surface area contributed by atoms with E-state index in [0.717, 1.165) is 33.4 Å². The standard InChI is InChI=1S/C84H111N9O18/c1-16-91(17-2)70(94)52-106-73-64-34-61(76(97)85-40-55-22-28-58(29-23-55)43-88-79(100)109-82(7,8)9)35-65(73)47-104-49-67-37-63(78(99)87-42-57-26-32-60(33-27-57)45-90-81(102)111-84(13,14)15)39-69(75(67)108-54-72(96)93(20-5)21-6)51-105-50-68-38-62(36-66(48-103-46-64)74(68)107-53-71(95)92(18-3)19-4)77(98)86-41-56-24-30-59(31-25-56)44-89-80(101)110-83(10,11)12/h22-39H,16-21,40-54H2,1-15H3,(H,85,97)(H,86,98)(H,87,99)(H,88,100)(H,89,101)(H,90,102). The largest absolute Gasteiger partial charge is 0.483 e. The lowest BCUT2D eigenvalue weighted by atomic mass is 10.0. The topological polar surface area (TPSA) is 319 Å². The fraction of sp³-hybridized carbons (Fsp3) is 0.464. The smallest absolute Gasteiger partial charge is 0.407 e. The van der Waals surface area contributed by atoms with Gasteiger partial charge in [0.2, 0.25) is 0 Å². The molecule has 6 bridgehead atoms. The molecule has 0 atom stereocenters. The van der Waals surface area contributed by atoms with Crippen LogP contribution in [0.3, 0.4) is 0 Å². The zero-order valence-electron chi connectivity index (χ0n) is 66.9. The second-order valence-corrected chi connectivity index (χ2v) is 29.5. The van der Waals surface area contributed by atoms with Gasteiger partial charge in [0.05, 0.1) is 39.6 Å². The molecular weight excluding hydrogens is 1420 g/mol. The molecule has 0 unspecified atom stereocenters. The Labute approximate surface area is 651 Å². The summed E-state index contributed by atoms with van der Waals surface area (Å²) in [5.41, 5.74) is 4.88. The van der Waals surface area contributed by atoms with Crippen molar-refractivity contribution in [3.63, 3.8) is 0 Å². The molecule has 27 heteroatoms. The van der Waals surface area contributed by atoms with Gasteiger partial charge in [0, 0.05) is 129 Å². The quantitative estimate of drug-likeness (QED) is 0.0228. The predicted molar refractivity (Wildman–Crippen MR) is 417 cm³/mol. The molecule has 0 aliphatic carbocycles. The Morgan fingerprint density at radius 2 is 0.486 bits per heavy atom. The summed E-state index contributed by atoms with van der Waals surface area (Å²) in [5.74, 6) is -2.04. The van der Waals surface area contributed by atoms with Crippen LogP contribution in [0, 0.1) is 0 Å². The lowest BCUT2D eigenvalue weighted by Gasteiger charge is -2.24. The van der Waals surface area contributed by atoms with Crippen molar-refractivity contribution in [1.29, 1.82) is 0 Å². The van der Waals surface area contributed by atoms with Crippen LogP contribution in [0.5, 0.6) is 17.2 Å².